The highest BCUT2D eigenvalue weighted by molar-refractivity contribution is 5.23. The molecule has 0 spiro atoms. The molecule has 94 valence electrons. The summed E-state index contributed by atoms with van der Waals surface area (Å²) in [7, 11) is 0. The van der Waals surface area contributed by atoms with Crippen LogP contribution < -0.4 is 5.73 Å². The molecule has 0 unspecified atom stereocenters. The molecule has 1 fully saturated rings. The van der Waals surface area contributed by atoms with E-state index in [2.05, 4.69) is 30.3 Å². The van der Waals surface area contributed by atoms with Gasteiger partial charge in [-0.05, 0) is 18.4 Å². The minimum atomic E-state index is -0.0708. The van der Waals surface area contributed by atoms with Gasteiger partial charge in [0.1, 0.15) is 0 Å². The van der Waals surface area contributed by atoms with E-state index in [4.69, 9.17) is 5.73 Å². The zero-order valence-corrected chi connectivity index (χ0v) is 10.8. The van der Waals surface area contributed by atoms with E-state index < -0.39 is 0 Å². The summed E-state index contributed by atoms with van der Waals surface area (Å²) in [6, 6.07) is 10.7. The van der Waals surface area contributed by atoms with Crippen LogP contribution in [-0.2, 0) is 5.54 Å². The second-order valence-electron chi connectivity index (χ2n) is 5.50. The highest BCUT2D eigenvalue weighted by Gasteiger charge is 2.26. The molecular weight excluding hydrogens is 206 g/mol. The van der Waals surface area contributed by atoms with Crippen LogP contribution in [0.1, 0.15) is 63.4 Å². The van der Waals surface area contributed by atoms with E-state index in [0.29, 0.717) is 0 Å². The van der Waals surface area contributed by atoms with Gasteiger partial charge in [-0.2, -0.15) is 0 Å². The largest absolute Gasteiger partial charge is 0.321 e. The molecule has 0 amide bonds. The predicted molar refractivity (Wildman–Crippen MR) is 73.9 cm³/mol. The summed E-state index contributed by atoms with van der Waals surface area (Å²) in [5.41, 5.74) is 7.93. The molecule has 1 aliphatic carbocycles. The first-order valence-corrected chi connectivity index (χ1v) is 7.16. The lowest BCUT2D eigenvalue weighted by Crippen LogP contribution is -2.36. The number of hydrogen-bond acceptors (Lipinski definition) is 1. The zero-order chi connectivity index (χ0) is 12.0. The molecule has 0 atom stereocenters. The van der Waals surface area contributed by atoms with Crippen molar-refractivity contribution in [2.24, 2.45) is 5.73 Å². The molecule has 1 aromatic carbocycles. The van der Waals surface area contributed by atoms with E-state index in [1.165, 1.54) is 50.5 Å². The van der Waals surface area contributed by atoms with Crippen molar-refractivity contribution in [3.8, 4) is 0 Å². The molecule has 0 heterocycles. The third kappa shape index (κ3) is 3.57. The van der Waals surface area contributed by atoms with Gasteiger partial charge in [0, 0.05) is 5.54 Å². The third-order valence-electron chi connectivity index (χ3n) is 4.09. The maximum absolute atomic E-state index is 6.67. The average Bonchev–Trinajstić information content (AvgIpc) is 2.38. The Bertz CT molecular complexity index is 308. The molecule has 1 nitrogen and oxygen atoms in total. The van der Waals surface area contributed by atoms with E-state index in [1.54, 1.807) is 0 Å². The van der Waals surface area contributed by atoms with Gasteiger partial charge in [-0.3, -0.25) is 0 Å². The second kappa shape index (κ2) is 6.20. The van der Waals surface area contributed by atoms with Gasteiger partial charge in [-0.1, -0.05) is 75.3 Å². The predicted octanol–water partition coefficient (Wildman–Crippen LogP) is 4.37. The van der Waals surface area contributed by atoms with Gasteiger partial charge in [0.2, 0.25) is 0 Å². The van der Waals surface area contributed by atoms with Crippen molar-refractivity contribution in [1.82, 2.24) is 0 Å². The van der Waals surface area contributed by atoms with Crippen molar-refractivity contribution in [2.45, 2.75) is 63.3 Å². The van der Waals surface area contributed by atoms with Crippen molar-refractivity contribution in [3.63, 3.8) is 0 Å². The van der Waals surface area contributed by atoms with E-state index in [1.807, 2.05) is 0 Å². The van der Waals surface area contributed by atoms with Crippen LogP contribution in [0.2, 0.25) is 0 Å². The average molecular weight is 231 g/mol. The van der Waals surface area contributed by atoms with Crippen molar-refractivity contribution in [2.75, 3.05) is 0 Å². The maximum Gasteiger partial charge on any atom is 0.0409 e. The normalized spacial score (nSPS) is 21.9. The summed E-state index contributed by atoms with van der Waals surface area (Å²) in [4.78, 5) is 0. The van der Waals surface area contributed by atoms with Crippen LogP contribution in [0, 0.1) is 0 Å². The molecular formula is C16H25N. The first-order chi connectivity index (χ1) is 8.31. The third-order valence-corrected chi connectivity index (χ3v) is 4.09. The van der Waals surface area contributed by atoms with Gasteiger partial charge in [-0.25, -0.2) is 0 Å². The minimum absolute atomic E-state index is 0.0708. The molecule has 0 radical (unpaired) electrons. The van der Waals surface area contributed by atoms with Crippen LogP contribution in [-0.4, -0.2) is 0 Å². The lowest BCUT2D eigenvalue weighted by molar-refractivity contribution is 0.334. The molecule has 1 heteroatoms. The monoisotopic (exact) mass is 231 g/mol. The summed E-state index contributed by atoms with van der Waals surface area (Å²) >= 11 is 0. The van der Waals surface area contributed by atoms with Crippen LogP contribution in [0.3, 0.4) is 0 Å². The Morgan fingerprint density at radius 3 is 1.71 bits per heavy atom. The fourth-order valence-electron chi connectivity index (χ4n) is 2.95. The summed E-state index contributed by atoms with van der Waals surface area (Å²) in [5.74, 6) is 0. The lowest BCUT2D eigenvalue weighted by atomic mass is 9.80. The quantitative estimate of drug-likeness (QED) is 0.763. The fourth-order valence-corrected chi connectivity index (χ4v) is 2.95. The van der Waals surface area contributed by atoms with E-state index in [9.17, 15) is 0 Å². The van der Waals surface area contributed by atoms with E-state index >= 15 is 0 Å². The number of hydrogen-bond donors (Lipinski definition) is 1. The van der Waals surface area contributed by atoms with Crippen molar-refractivity contribution < 1.29 is 0 Å². The van der Waals surface area contributed by atoms with Gasteiger partial charge < -0.3 is 5.73 Å². The van der Waals surface area contributed by atoms with Crippen LogP contribution >= 0.6 is 0 Å². The van der Waals surface area contributed by atoms with E-state index in [0.717, 1.165) is 12.8 Å². The Balaban J connectivity index is 2.08. The molecule has 0 aliphatic heterocycles. The maximum atomic E-state index is 6.67. The van der Waals surface area contributed by atoms with Gasteiger partial charge in [0.25, 0.3) is 0 Å². The number of nitrogens with two attached hydrogens (primary N) is 1. The molecule has 0 aromatic heterocycles. The van der Waals surface area contributed by atoms with Crippen LogP contribution in [0.15, 0.2) is 30.3 Å². The summed E-state index contributed by atoms with van der Waals surface area (Å²) in [6.07, 6.45) is 11.8. The molecule has 1 aliphatic rings. The van der Waals surface area contributed by atoms with Gasteiger partial charge in [0.15, 0.2) is 0 Å². The first-order valence-electron chi connectivity index (χ1n) is 7.16. The molecule has 2 N–H and O–H groups in total. The Morgan fingerprint density at radius 1 is 0.706 bits per heavy atom. The smallest absolute Gasteiger partial charge is 0.0409 e. The fraction of sp³-hybridized carbons (Fsp3) is 0.625. The standard InChI is InChI=1S/C16H25N/c17-16(15-11-7-6-8-12-15)13-9-4-2-1-3-5-10-14-16/h6-8,11-12H,1-5,9-10,13-14,17H2. The highest BCUT2D eigenvalue weighted by Crippen LogP contribution is 2.31. The molecule has 17 heavy (non-hydrogen) atoms. The first kappa shape index (κ1) is 12.6. The Labute approximate surface area is 105 Å². The Hall–Kier alpha value is -0.820. The number of rotatable bonds is 1. The summed E-state index contributed by atoms with van der Waals surface area (Å²) in [6.45, 7) is 0. The van der Waals surface area contributed by atoms with Gasteiger partial charge >= 0.3 is 0 Å². The van der Waals surface area contributed by atoms with E-state index in [-0.39, 0.29) is 5.54 Å². The Kier molecular flexibility index (Phi) is 4.61. The van der Waals surface area contributed by atoms with Crippen molar-refractivity contribution >= 4 is 0 Å². The molecule has 2 rings (SSSR count). The van der Waals surface area contributed by atoms with Gasteiger partial charge in [-0.15, -0.1) is 0 Å². The molecule has 1 saturated carbocycles. The lowest BCUT2D eigenvalue weighted by Gasteiger charge is -2.31. The SMILES string of the molecule is NC1(c2ccccc2)CCCCCCCCC1. The van der Waals surface area contributed by atoms with Gasteiger partial charge in [0.05, 0.1) is 0 Å². The highest BCUT2D eigenvalue weighted by atomic mass is 14.7. The Morgan fingerprint density at radius 2 is 1.18 bits per heavy atom. The minimum Gasteiger partial charge on any atom is -0.321 e. The van der Waals surface area contributed by atoms with Crippen LogP contribution in [0.5, 0.6) is 0 Å². The number of benzene rings is 1. The van der Waals surface area contributed by atoms with Crippen molar-refractivity contribution in [3.05, 3.63) is 35.9 Å². The zero-order valence-electron chi connectivity index (χ0n) is 10.8. The topological polar surface area (TPSA) is 26.0 Å². The second-order valence-corrected chi connectivity index (χ2v) is 5.50. The van der Waals surface area contributed by atoms with Crippen LogP contribution in [0.4, 0.5) is 0 Å². The summed E-state index contributed by atoms with van der Waals surface area (Å²) in [5, 5.41) is 0. The van der Waals surface area contributed by atoms with Crippen molar-refractivity contribution in [1.29, 1.82) is 0 Å². The van der Waals surface area contributed by atoms with Crippen LogP contribution in [0.25, 0.3) is 0 Å². The molecule has 1 aromatic rings. The summed E-state index contributed by atoms with van der Waals surface area (Å²) < 4.78 is 0. The molecule has 0 saturated heterocycles. The molecule has 0 bridgehead atoms.